The summed E-state index contributed by atoms with van der Waals surface area (Å²) in [5, 5.41) is 23.7. The topological polar surface area (TPSA) is 40.5 Å². The first-order chi connectivity index (χ1) is 18.2. The first-order valence-corrected chi connectivity index (χ1v) is 12.4. The monoisotopic (exact) mass is 476 g/mol. The van der Waals surface area contributed by atoms with Crippen molar-refractivity contribution < 1.29 is 10.0 Å². The smallest absolute Gasteiger partial charge is 0.423 e. The van der Waals surface area contributed by atoms with Gasteiger partial charge in [0.2, 0.25) is 0 Å². The van der Waals surface area contributed by atoms with Crippen LogP contribution in [0.2, 0.25) is 0 Å². The van der Waals surface area contributed by atoms with Crippen molar-refractivity contribution >= 4 is 23.4 Å². The molecule has 0 heterocycles. The Morgan fingerprint density at radius 2 is 0.811 bits per heavy atom. The predicted octanol–water partition coefficient (Wildman–Crippen LogP) is 7.19. The highest BCUT2D eigenvalue weighted by atomic mass is 16.4. The molecule has 2 N–H and O–H groups in total. The fraction of sp³-hybridized carbons (Fsp3) is 0. The molecule has 0 saturated heterocycles. The van der Waals surface area contributed by atoms with Crippen LogP contribution in [0.4, 0.5) is 0 Å². The van der Waals surface area contributed by atoms with Crippen LogP contribution in [0.1, 0.15) is 0 Å². The van der Waals surface area contributed by atoms with Crippen molar-refractivity contribution in [3.05, 3.63) is 140 Å². The van der Waals surface area contributed by atoms with Crippen molar-refractivity contribution in [2.75, 3.05) is 0 Å². The van der Waals surface area contributed by atoms with Gasteiger partial charge in [0, 0.05) is 0 Å². The molecule has 0 unspecified atom stereocenters. The van der Waals surface area contributed by atoms with E-state index in [2.05, 4.69) is 54.6 Å². The molecule has 0 atom stereocenters. The van der Waals surface area contributed by atoms with Crippen molar-refractivity contribution in [1.29, 1.82) is 0 Å². The molecule has 0 bridgehead atoms. The summed E-state index contributed by atoms with van der Waals surface area (Å²) in [5.41, 5.74) is 8.56. The molecule has 0 aliphatic carbocycles. The highest BCUT2D eigenvalue weighted by Crippen LogP contribution is 2.46. The molecule has 0 spiro atoms. The van der Waals surface area contributed by atoms with E-state index in [-0.39, 0.29) is 0 Å². The molecule has 6 rings (SSSR count). The van der Waals surface area contributed by atoms with Gasteiger partial charge < -0.3 is 10.0 Å². The Balaban J connectivity index is 1.92. The van der Waals surface area contributed by atoms with Crippen LogP contribution in [0.3, 0.4) is 0 Å². The molecule has 6 aromatic carbocycles. The molecular weight excluding hydrogens is 451 g/mol. The lowest BCUT2D eigenvalue weighted by Gasteiger charge is -2.25. The quantitative estimate of drug-likeness (QED) is 0.259. The van der Waals surface area contributed by atoms with Crippen LogP contribution in [0.5, 0.6) is 0 Å². The third kappa shape index (κ3) is 4.15. The SMILES string of the molecule is OB(O)c1c(-c2ccccc2)c(-c2ccccc2)c(-c2ccccc2)c2c(-c3ccccc3)cccc12. The molecular formula is C34H25BO2. The summed E-state index contributed by atoms with van der Waals surface area (Å²) < 4.78 is 0. The van der Waals surface area contributed by atoms with Crippen molar-refractivity contribution in [2.24, 2.45) is 0 Å². The van der Waals surface area contributed by atoms with Gasteiger partial charge in [0.25, 0.3) is 0 Å². The Bertz CT molecular complexity index is 1660. The number of fused-ring (bicyclic) bond motifs is 1. The van der Waals surface area contributed by atoms with Crippen LogP contribution < -0.4 is 5.46 Å². The summed E-state index contributed by atoms with van der Waals surface area (Å²) in [6.45, 7) is 0. The summed E-state index contributed by atoms with van der Waals surface area (Å²) in [7, 11) is -1.66. The standard InChI is InChI=1S/C34H25BO2/c36-35(37)34-29-23-13-22-28(24-14-5-1-6-15-24)33(29)31(26-18-9-3-10-19-26)30(25-16-7-2-8-17-25)32(34)27-20-11-4-12-21-27/h1-23,36-37H. The number of hydrogen-bond acceptors (Lipinski definition) is 2. The minimum absolute atomic E-state index is 0.512. The summed E-state index contributed by atoms with van der Waals surface area (Å²) in [5.74, 6) is 0. The summed E-state index contributed by atoms with van der Waals surface area (Å²) in [4.78, 5) is 0. The average Bonchev–Trinajstić information content (AvgIpc) is 2.97. The van der Waals surface area contributed by atoms with E-state index in [1.54, 1.807) is 0 Å². The predicted molar refractivity (Wildman–Crippen MR) is 156 cm³/mol. The van der Waals surface area contributed by atoms with Gasteiger partial charge in [-0.1, -0.05) is 140 Å². The van der Waals surface area contributed by atoms with E-state index in [1.807, 2.05) is 84.9 Å². The lowest BCUT2D eigenvalue weighted by molar-refractivity contribution is 0.426. The minimum atomic E-state index is -1.66. The Labute approximate surface area is 217 Å². The maximum Gasteiger partial charge on any atom is 0.489 e. The van der Waals surface area contributed by atoms with E-state index in [4.69, 9.17) is 0 Å². The molecule has 0 aliphatic rings. The average molecular weight is 476 g/mol. The Morgan fingerprint density at radius 3 is 1.30 bits per heavy atom. The molecule has 37 heavy (non-hydrogen) atoms. The molecule has 0 aromatic heterocycles. The van der Waals surface area contributed by atoms with Crippen LogP contribution >= 0.6 is 0 Å². The lowest BCUT2D eigenvalue weighted by Crippen LogP contribution is -2.33. The van der Waals surface area contributed by atoms with Crippen LogP contribution in [0.25, 0.3) is 55.3 Å². The highest BCUT2D eigenvalue weighted by Gasteiger charge is 2.29. The first-order valence-electron chi connectivity index (χ1n) is 12.4. The molecule has 0 amide bonds. The van der Waals surface area contributed by atoms with E-state index in [0.29, 0.717) is 5.46 Å². The third-order valence-corrected chi connectivity index (χ3v) is 6.90. The second-order valence-electron chi connectivity index (χ2n) is 9.10. The Morgan fingerprint density at radius 1 is 0.378 bits per heavy atom. The van der Waals surface area contributed by atoms with Crippen molar-refractivity contribution in [2.45, 2.75) is 0 Å². The Kier molecular flexibility index (Phi) is 6.15. The van der Waals surface area contributed by atoms with Gasteiger partial charge in [0.1, 0.15) is 0 Å². The van der Waals surface area contributed by atoms with Crippen molar-refractivity contribution in [1.82, 2.24) is 0 Å². The van der Waals surface area contributed by atoms with Crippen LogP contribution in [0, 0.1) is 0 Å². The van der Waals surface area contributed by atoms with Gasteiger partial charge in [-0.2, -0.15) is 0 Å². The maximum absolute atomic E-state index is 10.9. The molecule has 0 radical (unpaired) electrons. The molecule has 176 valence electrons. The summed E-state index contributed by atoms with van der Waals surface area (Å²) in [6, 6.07) is 47.1. The highest BCUT2D eigenvalue weighted by molar-refractivity contribution is 6.65. The summed E-state index contributed by atoms with van der Waals surface area (Å²) >= 11 is 0. The second kappa shape index (κ2) is 9.90. The van der Waals surface area contributed by atoms with E-state index in [9.17, 15) is 10.0 Å². The van der Waals surface area contributed by atoms with E-state index < -0.39 is 7.12 Å². The molecule has 2 nitrogen and oxygen atoms in total. The van der Waals surface area contributed by atoms with E-state index in [1.165, 1.54) is 0 Å². The van der Waals surface area contributed by atoms with Crippen LogP contribution in [-0.2, 0) is 0 Å². The van der Waals surface area contributed by atoms with Gasteiger partial charge in [0.15, 0.2) is 0 Å². The molecule has 3 heteroatoms. The lowest BCUT2D eigenvalue weighted by atomic mass is 9.67. The summed E-state index contributed by atoms with van der Waals surface area (Å²) in [6.07, 6.45) is 0. The van der Waals surface area contributed by atoms with Gasteiger partial charge in [0.05, 0.1) is 0 Å². The molecule has 0 saturated carbocycles. The van der Waals surface area contributed by atoms with Gasteiger partial charge in [-0.15, -0.1) is 0 Å². The first kappa shape index (κ1) is 23.0. The minimum Gasteiger partial charge on any atom is -0.423 e. The van der Waals surface area contributed by atoms with E-state index >= 15 is 0 Å². The van der Waals surface area contributed by atoms with Gasteiger partial charge in [-0.25, -0.2) is 0 Å². The normalized spacial score (nSPS) is 11.0. The van der Waals surface area contributed by atoms with Crippen molar-refractivity contribution in [3.63, 3.8) is 0 Å². The molecule has 0 fully saturated rings. The number of benzene rings is 6. The van der Waals surface area contributed by atoms with Gasteiger partial charge in [-0.3, -0.25) is 0 Å². The second-order valence-corrected chi connectivity index (χ2v) is 9.10. The zero-order valence-electron chi connectivity index (χ0n) is 20.3. The van der Waals surface area contributed by atoms with Crippen molar-refractivity contribution in [3.8, 4) is 44.5 Å². The molecule has 6 aromatic rings. The van der Waals surface area contributed by atoms with Gasteiger partial charge >= 0.3 is 7.12 Å². The maximum atomic E-state index is 10.9. The van der Waals surface area contributed by atoms with Crippen LogP contribution in [-0.4, -0.2) is 17.2 Å². The fourth-order valence-corrected chi connectivity index (χ4v) is 5.38. The van der Waals surface area contributed by atoms with Crippen LogP contribution in [0.15, 0.2) is 140 Å². The third-order valence-electron chi connectivity index (χ3n) is 6.90. The van der Waals surface area contributed by atoms with Gasteiger partial charge in [-0.05, 0) is 60.7 Å². The molecule has 0 aliphatic heterocycles. The zero-order chi connectivity index (χ0) is 25.2. The number of hydrogen-bond donors (Lipinski definition) is 2. The largest absolute Gasteiger partial charge is 0.489 e. The zero-order valence-corrected chi connectivity index (χ0v) is 20.3. The van der Waals surface area contributed by atoms with E-state index in [0.717, 1.165) is 55.3 Å². The Hall–Kier alpha value is -4.44. The number of rotatable bonds is 5. The fourth-order valence-electron chi connectivity index (χ4n) is 5.38.